The molecule has 0 fully saturated rings. The summed E-state index contributed by atoms with van der Waals surface area (Å²) in [5.41, 5.74) is 0.822. The molecule has 3 rings (SSSR count). The minimum absolute atomic E-state index is 0.463. The summed E-state index contributed by atoms with van der Waals surface area (Å²) in [6.45, 7) is 0. The molecule has 0 radical (unpaired) electrons. The zero-order valence-electron chi connectivity index (χ0n) is 9.86. The minimum Gasteiger partial charge on any atom is -0.477 e. The molecule has 1 aromatic carbocycles. The fourth-order valence-corrected chi connectivity index (χ4v) is 2.52. The summed E-state index contributed by atoms with van der Waals surface area (Å²) in [6.07, 6.45) is 1.02. The molecule has 0 aliphatic carbocycles. The van der Waals surface area contributed by atoms with Crippen molar-refractivity contribution in [3.05, 3.63) is 56.3 Å². The fourth-order valence-electron chi connectivity index (χ4n) is 1.81. The van der Waals surface area contributed by atoms with Crippen LogP contribution in [0, 0.1) is 0 Å². The quantitative estimate of drug-likeness (QED) is 0.727. The standard InChI is InChI=1S/C12H7N3O4S/c16-10-7(11(17)18)4-15(12(19)14-10)6-1-2-8-9(3-6)20-5-13-8/h1-5H,(H,17,18)(H,14,16,19). The summed E-state index contributed by atoms with van der Waals surface area (Å²) in [6, 6.07) is 5.06. The molecular formula is C12H7N3O4S. The number of H-pyrrole nitrogens is 1. The second-order valence-corrected chi connectivity index (χ2v) is 4.87. The second-order valence-electron chi connectivity index (χ2n) is 3.98. The maximum atomic E-state index is 11.8. The number of rotatable bonds is 2. The van der Waals surface area contributed by atoms with Crippen LogP contribution in [0.4, 0.5) is 0 Å². The van der Waals surface area contributed by atoms with Crippen molar-refractivity contribution in [2.24, 2.45) is 0 Å². The number of nitrogens with one attached hydrogen (secondary N) is 1. The molecule has 2 aromatic heterocycles. The third-order valence-corrected chi connectivity index (χ3v) is 3.56. The Morgan fingerprint density at radius 3 is 2.90 bits per heavy atom. The number of carboxylic acids is 1. The van der Waals surface area contributed by atoms with E-state index in [4.69, 9.17) is 5.11 Å². The molecule has 2 N–H and O–H groups in total. The van der Waals surface area contributed by atoms with Crippen molar-refractivity contribution in [3.8, 4) is 5.69 Å². The number of thiazole rings is 1. The van der Waals surface area contributed by atoms with E-state index in [1.54, 1.807) is 23.7 Å². The molecule has 0 unspecified atom stereocenters. The van der Waals surface area contributed by atoms with E-state index in [0.717, 1.165) is 21.0 Å². The number of fused-ring (bicyclic) bond motifs is 1. The molecule has 0 aliphatic rings. The zero-order valence-corrected chi connectivity index (χ0v) is 10.7. The summed E-state index contributed by atoms with van der Waals surface area (Å²) in [7, 11) is 0. The van der Waals surface area contributed by atoms with E-state index in [1.165, 1.54) is 11.3 Å². The summed E-state index contributed by atoms with van der Waals surface area (Å²) < 4.78 is 1.95. The van der Waals surface area contributed by atoms with E-state index < -0.39 is 22.8 Å². The molecule has 0 amide bonds. The number of hydrogen-bond acceptors (Lipinski definition) is 5. The first-order valence-electron chi connectivity index (χ1n) is 5.49. The number of carbonyl (C=O) groups is 1. The lowest BCUT2D eigenvalue weighted by molar-refractivity contribution is 0.0694. The van der Waals surface area contributed by atoms with Crippen LogP contribution in [0.15, 0.2) is 39.5 Å². The van der Waals surface area contributed by atoms with Crippen LogP contribution in [0.1, 0.15) is 10.4 Å². The van der Waals surface area contributed by atoms with Crippen molar-refractivity contribution >= 4 is 27.5 Å². The largest absolute Gasteiger partial charge is 0.477 e. The normalized spacial score (nSPS) is 10.8. The summed E-state index contributed by atoms with van der Waals surface area (Å²) in [4.78, 5) is 40.2. The van der Waals surface area contributed by atoms with Gasteiger partial charge >= 0.3 is 11.7 Å². The maximum Gasteiger partial charge on any atom is 0.342 e. The molecule has 20 heavy (non-hydrogen) atoms. The van der Waals surface area contributed by atoms with Gasteiger partial charge in [0.05, 0.1) is 21.4 Å². The average molecular weight is 289 g/mol. The summed E-state index contributed by atoms with van der Waals surface area (Å²) in [5.74, 6) is -1.39. The number of aromatic amines is 1. The number of hydrogen-bond donors (Lipinski definition) is 2. The minimum atomic E-state index is -1.39. The van der Waals surface area contributed by atoms with E-state index in [1.807, 2.05) is 4.98 Å². The lowest BCUT2D eigenvalue weighted by atomic mass is 10.3. The molecule has 7 nitrogen and oxygen atoms in total. The lowest BCUT2D eigenvalue weighted by Gasteiger charge is -2.05. The number of aromatic carboxylic acids is 1. The smallest absolute Gasteiger partial charge is 0.342 e. The van der Waals surface area contributed by atoms with Crippen molar-refractivity contribution in [1.29, 1.82) is 0 Å². The Kier molecular flexibility index (Phi) is 2.72. The SMILES string of the molecule is O=C(O)c1cn(-c2ccc3ncsc3c2)c(=O)[nH]c1=O. The zero-order chi connectivity index (χ0) is 14.3. The lowest BCUT2D eigenvalue weighted by Crippen LogP contribution is -2.32. The molecule has 0 spiro atoms. The Morgan fingerprint density at radius 2 is 2.15 bits per heavy atom. The van der Waals surface area contributed by atoms with Crippen LogP contribution in [-0.2, 0) is 0 Å². The fraction of sp³-hybridized carbons (Fsp3) is 0. The van der Waals surface area contributed by atoms with E-state index in [2.05, 4.69) is 4.98 Å². The van der Waals surface area contributed by atoms with Gasteiger partial charge in [-0.05, 0) is 18.2 Å². The first-order chi connectivity index (χ1) is 9.56. The third-order valence-electron chi connectivity index (χ3n) is 2.77. The molecule has 3 aromatic rings. The Hall–Kier alpha value is -2.74. The third kappa shape index (κ3) is 1.91. The van der Waals surface area contributed by atoms with Crippen molar-refractivity contribution in [2.45, 2.75) is 0 Å². The van der Waals surface area contributed by atoms with Crippen LogP contribution in [0.5, 0.6) is 0 Å². The molecule has 0 saturated heterocycles. The van der Waals surface area contributed by atoms with Gasteiger partial charge in [0.2, 0.25) is 0 Å². The van der Waals surface area contributed by atoms with Gasteiger partial charge < -0.3 is 5.11 Å². The van der Waals surface area contributed by atoms with Gasteiger partial charge in [0.1, 0.15) is 5.56 Å². The molecule has 100 valence electrons. The Labute approximate surface area is 114 Å². The van der Waals surface area contributed by atoms with Crippen molar-refractivity contribution < 1.29 is 9.90 Å². The van der Waals surface area contributed by atoms with Crippen LogP contribution < -0.4 is 11.2 Å². The molecule has 0 saturated carbocycles. The van der Waals surface area contributed by atoms with Gasteiger partial charge in [-0.1, -0.05) is 0 Å². The predicted molar refractivity (Wildman–Crippen MR) is 72.8 cm³/mol. The van der Waals surface area contributed by atoms with Gasteiger partial charge in [0.15, 0.2) is 0 Å². The van der Waals surface area contributed by atoms with Gasteiger partial charge in [0, 0.05) is 6.20 Å². The predicted octanol–water partition coefficient (Wildman–Crippen LogP) is 0.834. The molecule has 2 heterocycles. The molecule has 0 aliphatic heterocycles. The summed E-state index contributed by atoms with van der Waals surface area (Å²) >= 11 is 1.40. The number of aromatic nitrogens is 3. The first-order valence-corrected chi connectivity index (χ1v) is 6.37. The van der Waals surface area contributed by atoms with Gasteiger partial charge in [-0.15, -0.1) is 11.3 Å². The number of benzene rings is 1. The van der Waals surface area contributed by atoms with Crippen molar-refractivity contribution in [1.82, 2.24) is 14.5 Å². The Bertz CT molecular complexity index is 938. The molecule has 8 heteroatoms. The second kappa shape index (κ2) is 4.42. The highest BCUT2D eigenvalue weighted by Crippen LogP contribution is 2.20. The molecule has 0 bridgehead atoms. The van der Waals surface area contributed by atoms with Crippen molar-refractivity contribution in [2.75, 3.05) is 0 Å². The van der Waals surface area contributed by atoms with Crippen LogP contribution >= 0.6 is 11.3 Å². The number of carboxylic acid groups (broad SMARTS) is 1. The van der Waals surface area contributed by atoms with Gasteiger partial charge in [0.25, 0.3) is 5.56 Å². The molecular weight excluding hydrogens is 282 g/mol. The Morgan fingerprint density at radius 1 is 1.35 bits per heavy atom. The highest BCUT2D eigenvalue weighted by Gasteiger charge is 2.12. The average Bonchev–Trinajstić information content (AvgIpc) is 2.85. The highest BCUT2D eigenvalue weighted by molar-refractivity contribution is 7.16. The van der Waals surface area contributed by atoms with E-state index in [0.29, 0.717) is 5.69 Å². The molecule has 0 atom stereocenters. The van der Waals surface area contributed by atoms with Crippen LogP contribution in [0.3, 0.4) is 0 Å². The van der Waals surface area contributed by atoms with Gasteiger partial charge in [-0.3, -0.25) is 14.3 Å². The maximum absolute atomic E-state index is 11.8. The van der Waals surface area contributed by atoms with E-state index in [9.17, 15) is 14.4 Å². The van der Waals surface area contributed by atoms with Crippen LogP contribution in [-0.4, -0.2) is 25.6 Å². The Balaban J connectivity index is 2.27. The summed E-state index contributed by atoms with van der Waals surface area (Å²) in [5, 5.41) is 8.92. The van der Waals surface area contributed by atoms with Gasteiger partial charge in [-0.25, -0.2) is 14.6 Å². The van der Waals surface area contributed by atoms with Crippen LogP contribution in [0.2, 0.25) is 0 Å². The van der Waals surface area contributed by atoms with Crippen molar-refractivity contribution in [3.63, 3.8) is 0 Å². The van der Waals surface area contributed by atoms with E-state index >= 15 is 0 Å². The number of nitrogens with zero attached hydrogens (tertiary/aromatic N) is 2. The first kappa shape index (κ1) is 12.3. The monoisotopic (exact) mass is 289 g/mol. The highest BCUT2D eigenvalue weighted by atomic mass is 32.1. The van der Waals surface area contributed by atoms with Crippen LogP contribution in [0.25, 0.3) is 15.9 Å². The topological polar surface area (TPSA) is 105 Å². The van der Waals surface area contributed by atoms with E-state index in [-0.39, 0.29) is 0 Å². The van der Waals surface area contributed by atoms with Gasteiger partial charge in [-0.2, -0.15) is 0 Å².